The van der Waals surface area contributed by atoms with Crippen molar-refractivity contribution in [1.82, 2.24) is 9.97 Å². The summed E-state index contributed by atoms with van der Waals surface area (Å²) in [5.74, 6) is 3.73. The van der Waals surface area contributed by atoms with E-state index in [-0.39, 0.29) is 12.7 Å². The van der Waals surface area contributed by atoms with E-state index in [1.165, 1.54) is 6.33 Å². The van der Waals surface area contributed by atoms with Gasteiger partial charge in [-0.3, -0.25) is 0 Å². The van der Waals surface area contributed by atoms with Crippen LogP contribution in [0.1, 0.15) is 20.8 Å². The summed E-state index contributed by atoms with van der Waals surface area (Å²) in [5.41, 5.74) is 0. The molecule has 1 atom stereocenters. The van der Waals surface area contributed by atoms with Crippen LogP contribution in [0.5, 0.6) is 11.8 Å². The average molecular weight is 220 g/mol. The lowest BCUT2D eigenvalue weighted by atomic mass is 10.1. The quantitative estimate of drug-likeness (QED) is 0.711. The van der Waals surface area contributed by atoms with Crippen LogP contribution >= 0.6 is 0 Å². The van der Waals surface area contributed by atoms with Crippen molar-refractivity contribution in [2.45, 2.75) is 26.9 Å². The van der Waals surface area contributed by atoms with Crippen molar-refractivity contribution in [2.75, 3.05) is 6.61 Å². The molecule has 1 aromatic rings. The van der Waals surface area contributed by atoms with E-state index in [9.17, 15) is 0 Å². The van der Waals surface area contributed by atoms with Gasteiger partial charge in [0.2, 0.25) is 11.8 Å². The predicted molar refractivity (Wildman–Crippen MR) is 61.3 cm³/mol. The second-order valence-electron chi connectivity index (χ2n) is 3.75. The lowest BCUT2D eigenvalue weighted by Gasteiger charge is -2.17. The summed E-state index contributed by atoms with van der Waals surface area (Å²) in [5, 5.41) is 0. The highest BCUT2D eigenvalue weighted by molar-refractivity contribution is 5.18. The van der Waals surface area contributed by atoms with Crippen molar-refractivity contribution in [1.29, 1.82) is 0 Å². The maximum Gasteiger partial charge on any atom is 0.221 e. The van der Waals surface area contributed by atoms with Crippen molar-refractivity contribution in [3.63, 3.8) is 0 Å². The predicted octanol–water partition coefficient (Wildman–Crippen LogP) is 1.91. The summed E-state index contributed by atoms with van der Waals surface area (Å²) >= 11 is 0. The van der Waals surface area contributed by atoms with Crippen LogP contribution in [0.15, 0.2) is 12.4 Å². The smallest absolute Gasteiger partial charge is 0.221 e. The Morgan fingerprint density at radius 2 is 2.00 bits per heavy atom. The Balaban J connectivity index is 2.64. The van der Waals surface area contributed by atoms with Gasteiger partial charge in [-0.2, -0.15) is 0 Å². The Labute approximate surface area is 96.0 Å². The minimum atomic E-state index is 0.0929. The van der Waals surface area contributed by atoms with Gasteiger partial charge in [0.25, 0.3) is 0 Å². The van der Waals surface area contributed by atoms with Gasteiger partial charge in [0.1, 0.15) is 6.33 Å². The van der Waals surface area contributed by atoms with Gasteiger partial charge < -0.3 is 9.47 Å². The van der Waals surface area contributed by atoms with Gasteiger partial charge in [-0.05, 0) is 12.8 Å². The van der Waals surface area contributed by atoms with Crippen LogP contribution in [0.3, 0.4) is 0 Å². The van der Waals surface area contributed by atoms with Crippen molar-refractivity contribution in [3.8, 4) is 24.1 Å². The molecule has 0 fully saturated rings. The molecule has 16 heavy (non-hydrogen) atoms. The van der Waals surface area contributed by atoms with Crippen LogP contribution in [0.25, 0.3) is 0 Å². The molecule has 0 aliphatic carbocycles. The molecule has 1 aromatic heterocycles. The third-order valence-corrected chi connectivity index (χ3v) is 2.17. The third-order valence-electron chi connectivity index (χ3n) is 2.17. The van der Waals surface area contributed by atoms with E-state index in [1.54, 1.807) is 6.07 Å². The summed E-state index contributed by atoms with van der Waals surface area (Å²) < 4.78 is 10.8. The summed E-state index contributed by atoms with van der Waals surface area (Å²) in [4.78, 5) is 7.93. The van der Waals surface area contributed by atoms with E-state index in [0.29, 0.717) is 17.7 Å². The molecular weight excluding hydrogens is 204 g/mol. The molecule has 1 unspecified atom stereocenters. The minimum absolute atomic E-state index is 0.0929. The second kappa shape index (κ2) is 5.96. The maximum atomic E-state index is 5.61. The van der Waals surface area contributed by atoms with Gasteiger partial charge in [0.05, 0.1) is 12.2 Å². The van der Waals surface area contributed by atoms with Crippen LogP contribution < -0.4 is 9.47 Å². The Morgan fingerprint density at radius 3 is 2.62 bits per heavy atom. The number of nitrogens with zero attached hydrogens (tertiary/aromatic N) is 2. The molecule has 0 radical (unpaired) electrons. The highest BCUT2D eigenvalue weighted by atomic mass is 16.5. The summed E-state index contributed by atoms with van der Waals surface area (Å²) in [6.45, 7) is 6.36. The molecular formula is C12H16N2O2. The van der Waals surface area contributed by atoms with Crippen molar-refractivity contribution >= 4 is 0 Å². The van der Waals surface area contributed by atoms with Crippen LogP contribution in [-0.2, 0) is 0 Å². The molecule has 0 saturated heterocycles. The maximum absolute atomic E-state index is 5.61. The van der Waals surface area contributed by atoms with Gasteiger partial charge in [-0.1, -0.05) is 19.8 Å². The fourth-order valence-corrected chi connectivity index (χ4v) is 0.908. The van der Waals surface area contributed by atoms with Gasteiger partial charge >= 0.3 is 0 Å². The molecule has 0 aliphatic heterocycles. The first-order valence-electron chi connectivity index (χ1n) is 5.18. The lowest BCUT2D eigenvalue weighted by Crippen LogP contribution is -2.19. The Morgan fingerprint density at radius 1 is 1.31 bits per heavy atom. The molecule has 1 rings (SSSR count). The zero-order chi connectivity index (χ0) is 12.0. The highest BCUT2D eigenvalue weighted by Crippen LogP contribution is 2.16. The van der Waals surface area contributed by atoms with Crippen LogP contribution in [0.2, 0.25) is 0 Å². The number of aromatic nitrogens is 2. The van der Waals surface area contributed by atoms with E-state index >= 15 is 0 Å². The molecule has 0 amide bonds. The average Bonchev–Trinajstić information content (AvgIpc) is 2.26. The fourth-order valence-electron chi connectivity index (χ4n) is 0.908. The zero-order valence-corrected chi connectivity index (χ0v) is 9.80. The molecule has 4 nitrogen and oxygen atoms in total. The minimum Gasteiger partial charge on any atom is -0.474 e. The molecule has 0 aromatic carbocycles. The van der Waals surface area contributed by atoms with Gasteiger partial charge in [0, 0.05) is 0 Å². The molecule has 0 spiro atoms. The number of terminal acetylenes is 1. The normalized spacial score (nSPS) is 11.9. The van der Waals surface area contributed by atoms with Crippen molar-refractivity contribution < 1.29 is 9.47 Å². The monoisotopic (exact) mass is 220 g/mol. The third kappa shape index (κ3) is 3.77. The molecule has 4 heteroatoms. The van der Waals surface area contributed by atoms with Crippen molar-refractivity contribution in [3.05, 3.63) is 12.4 Å². The van der Waals surface area contributed by atoms with E-state index in [4.69, 9.17) is 15.9 Å². The van der Waals surface area contributed by atoms with Crippen LogP contribution in [0, 0.1) is 18.3 Å². The van der Waals surface area contributed by atoms with Crippen LogP contribution in [0.4, 0.5) is 0 Å². The van der Waals surface area contributed by atoms with E-state index < -0.39 is 0 Å². The largest absolute Gasteiger partial charge is 0.474 e. The number of ether oxygens (including phenoxy) is 2. The molecule has 0 saturated carbocycles. The number of hydrogen-bond donors (Lipinski definition) is 0. The molecule has 0 aliphatic rings. The lowest BCUT2D eigenvalue weighted by molar-refractivity contribution is 0.162. The first-order valence-corrected chi connectivity index (χ1v) is 5.18. The summed E-state index contributed by atoms with van der Waals surface area (Å²) in [7, 11) is 0. The SMILES string of the molecule is C#CCOc1cc(OC(C)C(C)C)ncn1. The topological polar surface area (TPSA) is 44.2 Å². The summed E-state index contributed by atoms with van der Waals surface area (Å²) in [6, 6.07) is 1.64. The van der Waals surface area contributed by atoms with E-state index in [2.05, 4.69) is 29.7 Å². The van der Waals surface area contributed by atoms with Crippen LogP contribution in [-0.4, -0.2) is 22.7 Å². The molecule has 0 N–H and O–H groups in total. The zero-order valence-electron chi connectivity index (χ0n) is 9.80. The first-order chi connectivity index (χ1) is 7.63. The first kappa shape index (κ1) is 12.3. The number of rotatable bonds is 5. The standard InChI is InChI=1S/C12H16N2O2/c1-5-6-15-11-7-12(14-8-13-11)16-10(4)9(2)3/h1,7-10H,6H2,2-4H3. The fraction of sp³-hybridized carbons (Fsp3) is 0.500. The second-order valence-corrected chi connectivity index (χ2v) is 3.75. The molecule has 86 valence electrons. The van der Waals surface area contributed by atoms with Gasteiger partial charge in [-0.25, -0.2) is 9.97 Å². The van der Waals surface area contributed by atoms with Gasteiger partial charge in [0.15, 0.2) is 6.61 Å². The molecule has 1 heterocycles. The highest BCUT2D eigenvalue weighted by Gasteiger charge is 2.10. The van der Waals surface area contributed by atoms with Gasteiger partial charge in [-0.15, -0.1) is 6.42 Å². The Kier molecular flexibility index (Phi) is 4.59. The summed E-state index contributed by atoms with van der Waals surface area (Å²) in [6.07, 6.45) is 6.58. The Hall–Kier alpha value is -1.76. The number of hydrogen-bond acceptors (Lipinski definition) is 4. The van der Waals surface area contributed by atoms with Crippen molar-refractivity contribution in [2.24, 2.45) is 5.92 Å². The Bertz CT molecular complexity index is 372. The molecule has 0 bridgehead atoms. The van der Waals surface area contributed by atoms with E-state index in [1.807, 2.05) is 6.92 Å². The van der Waals surface area contributed by atoms with E-state index in [0.717, 1.165) is 0 Å².